The maximum atomic E-state index is 12.5. The Morgan fingerprint density at radius 1 is 1.00 bits per heavy atom. The second-order valence-corrected chi connectivity index (χ2v) is 7.57. The van der Waals surface area contributed by atoms with Gasteiger partial charge in [-0.25, -0.2) is 0 Å². The van der Waals surface area contributed by atoms with Crippen LogP contribution in [-0.4, -0.2) is 60.6 Å². The number of nitrogens with zero attached hydrogens (tertiary/aromatic N) is 2. The molecule has 2 heterocycles. The summed E-state index contributed by atoms with van der Waals surface area (Å²) >= 11 is 1.38. The van der Waals surface area contributed by atoms with E-state index in [4.69, 9.17) is 0 Å². The fraction of sp³-hybridized carbons (Fsp3) is 0.350. The number of carbonyl (C=O) groups is 3. The van der Waals surface area contributed by atoms with Crippen molar-refractivity contribution in [1.29, 1.82) is 0 Å². The molecule has 1 aromatic carbocycles. The molecule has 0 saturated carbocycles. The lowest BCUT2D eigenvalue weighted by Crippen LogP contribution is -2.47. The highest BCUT2D eigenvalue weighted by atomic mass is 32.1. The molecule has 1 aromatic heterocycles. The van der Waals surface area contributed by atoms with Crippen LogP contribution < -0.4 is 5.32 Å². The summed E-state index contributed by atoms with van der Waals surface area (Å²) in [7, 11) is 2.05. The maximum Gasteiger partial charge on any atom is 0.253 e. The van der Waals surface area contributed by atoms with Gasteiger partial charge in [-0.3, -0.25) is 14.4 Å². The molecule has 0 aliphatic carbocycles. The molecule has 0 spiro atoms. The monoisotopic (exact) mass is 385 g/mol. The fourth-order valence-corrected chi connectivity index (χ4v) is 3.59. The van der Waals surface area contributed by atoms with Gasteiger partial charge in [0.15, 0.2) is 5.78 Å². The number of rotatable bonds is 6. The van der Waals surface area contributed by atoms with Crippen LogP contribution in [-0.2, 0) is 4.79 Å². The van der Waals surface area contributed by atoms with E-state index in [1.807, 2.05) is 23.4 Å². The lowest BCUT2D eigenvalue weighted by molar-refractivity contribution is -0.116. The molecule has 0 bridgehead atoms. The van der Waals surface area contributed by atoms with Gasteiger partial charge in [-0.2, -0.15) is 0 Å². The topological polar surface area (TPSA) is 69.7 Å². The van der Waals surface area contributed by atoms with Gasteiger partial charge in [-0.1, -0.05) is 6.07 Å². The molecule has 0 radical (unpaired) electrons. The van der Waals surface area contributed by atoms with Crippen molar-refractivity contribution in [3.63, 3.8) is 0 Å². The first kappa shape index (κ1) is 19.3. The van der Waals surface area contributed by atoms with Gasteiger partial charge in [0.2, 0.25) is 5.91 Å². The van der Waals surface area contributed by atoms with Gasteiger partial charge < -0.3 is 15.1 Å². The van der Waals surface area contributed by atoms with Gasteiger partial charge in [0, 0.05) is 50.3 Å². The lowest BCUT2D eigenvalue weighted by Gasteiger charge is -2.32. The Kier molecular flexibility index (Phi) is 6.36. The number of benzene rings is 1. The number of piperazine rings is 1. The molecule has 1 fully saturated rings. The van der Waals surface area contributed by atoms with Crippen LogP contribution in [0.5, 0.6) is 0 Å². The molecule has 2 aromatic rings. The van der Waals surface area contributed by atoms with Gasteiger partial charge in [-0.15, -0.1) is 11.3 Å². The van der Waals surface area contributed by atoms with Gasteiger partial charge in [0.05, 0.1) is 4.88 Å². The first-order valence-electron chi connectivity index (χ1n) is 8.97. The molecule has 6 nitrogen and oxygen atoms in total. The van der Waals surface area contributed by atoms with E-state index in [1.54, 1.807) is 30.3 Å². The van der Waals surface area contributed by atoms with E-state index in [0.717, 1.165) is 26.2 Å². The molecule has 0 atom stereocenters. The third kappa shape index (κ3) is 5.24. The van der Waals surface area contributed by atoms with Crippen molar-refractivity contribution in [2.45, 2.75) is 12.8 Å². The highest BCUT2D eigenvalue weighted by Crippen LogP contribution is 2.15. The summed E-state index contributed by atoms with van der Waals surface area (Å²) in [6.45, 7) is 3.21. The highest BCUT2D eigenvalue weighted by Gasteiger charge is 2.20. The van der Waals surface area contributed by atoms with Crippen molar-refractivity contribution in [3.05, 3.63) is 52.2 Å². The van der Waals surface area contributed by atoms with Gasteiger partial charge in [0.1, 0.15) is 0 Å². The van der Waals surface area contributed by atoms with Crippen LogP contribution in [0, 0.1) is 0 Å². The molecular formula is C20H23N3O3S. The zero-order valence-corrected chi connectivity index (χ0v) is 16.1. The van der Waals surface area contributed by atoms with E-state index in [-0.39, 0.29) is 30.4 Å². The molecule has 27 heavy (non-hydrogen) atoms. The van der Waals surface area contributed by atoms with Crippen LogP contribution in [0.2, 0.25) is 0 Å². The third-order valence-corrected chi connectivity index (χ3v) is 5.49. The average Bonchev–Trinajstić information content (AvgIpc) is 3.22. The Morgan fingerprint density at radius 2 is 1.70 bits per heavy atom. The van der Waals surface area contributed by atoms with E-state index in [9.17, 15) is 14.4 Å². The number of amides is 2. The fourth-order valence-electron chi connectivity index (χ4n) is 2.90. The molecule has 3 rings (SSSR count). The summed E-state index contributed by atoms with van der Waals surface area (Å²) in [6.07, 6.45) is 0.324. The first-order chi connectivity index (χ1) is 13.0. The largest absolute Gasteiger partial charge is 0.336 e. The summed E-state index contributed by atoms with van der Waals surface area (Å²) < 4.78 is 0. The standard InChI is InChI=1S/C20H23N3O3S/c1-22-10-12-23(13-11-22)20(26)15-4-6-16(7-5-15)21-19(25)9-8-17(24)18-3-2-14-27-18/h2-7,14H,8-13H2,1H3,(H,21,25). The Balaban J connectivity index is 1.49. The number of ketones is 1. The Hall–Kier alpha value is -2.51. The SMILES string of the molecule is CN1CCN(C(=O)c2ccc(NC(=O)CCC(=O)c3cccs3)cc2)CC1. The molecule has 142 valence electrons. The smallest absolute Gasteiger partial charge is 0.253 e. The maximum absolute atomic E-state index is 12.5. The predicted molar refractivity (Wildman–Crippen MR) is 106 cm³/mol. The van der Waals surface area contributed by atoms with Gasteiger partial charge in [-0.05, 0) is 42.8 Å². The van der Waals surface area contributed by atoms with E-state index < -0.39 is 0 Å². The molecule has 7 heteroatoms. The normalized spacial score (nSPS) is 14.8. The molecule has 1 aliphatic rings. The van der Waals surface area contributed by atoms with E-state index in [1.165, 1.54) is 11.3 Å². The van der Waals surface area contributed by atoms with E-state index >= 15 is 0 Å². The second kappa shape index (κ2) is 8.92. The quantitative estimate of drug-likeness (QED) is 0.777. The van der Waals surface area contributed by atoms with Crippen LogP contribution in [0.1, 0.15) is 32.9 Å². The average molecular weight is 385 g/mol. The number of carbonyl (C=O) groups excluding carboxylic acids is 3. The van der Waals surface area contributed by atoms with Gasteiger partial charge >= 0.3 is 0 Å². The van der Waals surface area contributed by atoms with Crippen molar-refractivity contribution in [3.8, 4) is 0 Å². The van der Waals surface area contributed by atoms with Crippen LogP contribution >= 0.6 is 11.3 Å². The first-order valence-corrected chi connectivity index (χ1v) is 9.85. The number of thiophene rings is 1. The number of nitrogens with one attached hydrogen (secondary N) is 1. The second-order valence-electron chi connectivity index (χ2n) is 6.62. The molecule has 1 aliphatic heterocycles. The molecule has 1 saturated heterocycles. The third-order valence-electron chi connectivity index (χ3n) is 4.58. The van der Waals surface area contributed by atoms with Crippen LogP contribution in [0.25, 0.3) is 0 Å². The summed E-state index contributed by atoms with van der Waals surface area (Å²) in [6, 6.07) is 10.5. The Morgan fingerprint density at radius 3 is 2.33 bits per heavy atom. The van der Waals surface area contributed by atoms with Gasteiger partial charge in [0.25, 0.3) is 5.91 Å². The number of hydrogen-bond acceptors (Lipinski definition) is 5. The van der Waals surface area contributed by atoms with Crippen molar-refractivity contribution in [2.75, 3.05) is 38.5 Å². The van der Waals surface area contributed by atoms with Crippen molar-refractivity contribution < 1.29 is 14.4 Å². The van der Waals surface area contributed by atoms with Crippen LogP contribution in [0.15, 0.2) is 41.8 Å². The van der Waals surface area contributed by atoms with E-state index in [0.29, 0.717) is 16.1 Å². The molecular weight excluding hydrogens is 362 g/mol. The minimum atomic E-state index is -0.210. The minimum absolute atomic E-state index is 0.0162. The van der Waals surface area contributed by atoms with E-state index in [2.05, 4.69) is 10.2 Å². The molecule has 1 N–H and O–H groups in total. The minimum Gasteiger partial charge on any atom is -0.336 e. The summed E-state index contributed by atoms with van der Waals surface area (Å²) in [5.74, 6) is -0.214. The highest BCUT2D eigenvalue weighted by molar-refractivity contribution is 7.12. The summed E-state index contributed by atoms with van der Waals surface area (Å²) in [4.78, 5) is 41.2. The molecule has 2 amide bonds. The molecule has 0 unspecified atom stereocenters. The van der Waals surface area contributed by atoms with Crippen molar-refractivity contribution in [1.82, 2.24) is 9.80 Å². The van der Waals surface area contributed by atoms with Crippen LogP contribution in [0.4, 0.5) is 5.69 Å². The number of likely N-dealkylation sites (N-methyl/N-ethyl adjacent to an activating group) is 1. The zero-order chi connectivity index (χ0) is 19.2. The number of anilines is 1. The van der Waals surface area contributed by atoms with Crippen LogP contribution in [0.3, 0.4) is 0 Å². The summed E-state index contributed by atoms with van der Waals surface area (Å²) in [5, 5.41) is 4.62. The Labute approximate surface area is 162 Å². The lowest BCUT2D eigenvalue weighted by atomic mass is 10.1. The van der Waals surface area contributed by atoms with Crippen molar-refractivity contribution >= 4 is 34.6 Å². The predicted octanol–water partition coefficient (Wildman–Crippen LogP) is 2.74. The Bertz CT molecular complexity index is 794. The van der Waals surface area contributed by atoms with Crippen molar-refractivity contribution in [2.24, 2.45) is 0 Å². The number of Topliss-reactive ketones (excluding diaryl/α,β-unsaturated/α-hetero) is 1. The number of hydrogen-bond donors (Lipinski definition) is 1. The zero-order valence-electron chi connectivity index (χ0n) is 15.3. The summed E-state index contributed by atoms with van der Waals surface area (Å²) in [5.41, 5.74) is 1.24.